The van der Waals surface area contributed by atoms with Crippen molar-refractivity contribution in [2.45, 2.75) is 53.4 Å². The molecule has 2 unspecified atom stereocenters. The fraction of sp³-hybridized carbons (Fsp3) is 0.750. The molecule has 2 rings (SSSR count). The van der Waals surface area contributed by atoms with E-state index in [0.29, 0.717) is 18.1 Å². The number of hydrogen-bond donors (Lipinski definition) is 0. The molecule has 20 heavy (non-hydrogen) atoms. The van der Waals surface area contributed by atoms with Crippen LogP contribution in [0.3, 0.4) is 0 Å². The van der Waals surface area contributed by atoms with Gasteiger partial charge < -0.3 is 0 Å². The molecule has 0 saturated heterocycles. The number of aryl methyl sites for hydroxylation is 2. The Balaban J connectivity index is 2.17. The summed E-state index contributed by atoms with van der Waals surface area (Å²) in [6, 6.07) is 0. The van der Waals surface area contributed by atoms with Crippen LogP contribution in [0, 0.1) is 24.2 Å². The van der Waals surface area contributed by atoms with Gasteiger partial charge >= 0.3 is 0 Å². The summed E-state index contributed by atoms with van der Waals surface area (Å²) in [5.74, 6) is 1.10. The van der Waals surface area contributed by atoms with Gasteiger partial charge in [0.05, 0.1) is 16.4 Å². The number of carbonyl (C=O) groups is 1. The zero-order valence-electron chi connectivity index (χ0n) is 13.2. The second kappa shape index (κ2) is 5.51. The van der Waals surface area contributed by atoms with Crippen LogP contribution in [0.15, 0.2) is 0 Å². The maximum atomic E-state index is 12.2. The largest absolute Gasteiger partial charge is 0.299 e. The molecule has 1 aromatic rings. The number of halogens is 1. The molecule has 1 aliphatic carbocycles. The molecule has 0 aliphatic heterocycles. The zero-order valence-corrected chi connectivity index (χ0v) is 13.9. The van der Waals surface area contributed by atoms with E-state index in [1.54, 1.807) is 0 Å². The number of hydrogen-bond acceptors (Lipinski definition) is 2. The Morgan fingerprint density at radius 3 is 2.55 bits per heavy atom. The third-order valence-electron chi connectivity index (χ3n) is 4.69. The molecule has 0 bridgehead atoms. The predicted octanol–water partition coefficient (Wildman–Crippen LogP) is 3.96. The average Bonchev–Trinajstić information content (AvgIpc) is 2.57. The SMILES string of the molecule is Cc1nn(C)c(CC2CC(C(C)(C)C)CCC2=O)c1Cl. The minimum Gasteiger partial charge on any atom is -0.299 e. The number of Topliss-reactive ketones (excluding diaryl/α,β-unsaturated/α-hetero) is 1. The molecule has 1 heterocycles. The van der Waals surface area contributed by atoms with Gasteiger partial charge in [0.2, 0.25) is 0 Å². The maximum Gasteiger partial charge on any atom is 0.136 e. The summed E-state index contributed by atoms with van der Waals surface area (Å²) in [5, 5.41) is 5.06. The smallest absolute Gasteiger partial charge is 0.136 e. The van der Waals surface area contributed by atoms with Gasteiger partial charge in [-0.25, -0.2) is 0 Å². The van der Waals surface area contributed by atoms with Crippen LogP contribution in [0.4, 0.5) is 0 Å². The first-order chi connectivity index (χ1) is 9.20. The molecular formula is C16H25ClN2O. The number of carbonyl (C=O) groups excluding carboxylic acids is 1. The second-order valence-corrected chi connectivity index (χ2v) is 7.55. The van der Waals surface area contributed by atoms with Crippen LogP contribution in [0.1, 0.15) is 51.4 Å². The highest BCUT2D eigenvalue weighted by Crippen LogP contribution is 2.40. The maximum absolute atomic E-state index is 12.2. The first-order valence-corrected chi connectivity index (χ1v) is 7.78. The van der Waals surface area contributed by atoms with Gasteiger partial charge in [-0.05, 0) is 31.1 Å². The minimum atomic E-state index is 0.0975. The summed E-state index contributed by atoms with van der Waals surface area (Å²) < 4.78 is 1.83. The Kier molecular flexibility index (Phi) is 4.29. The van der Waals surface area contributed by atoms with Crippen LogP contribution >= 0.6 is 11.6 Å². The summed E-state index contributed by atoms with van der Waals surface area (Å²) >= 11 is 6.31. The monoisotopic (exact) mass is 296 g/mol. The highest BCUT2D eigenvalue weighted by atomic mass is 35.5. The van der Waals surface area contributed by atoms with E-state index in [0.717, 1.165) is 35.7 Å². The van der Waals surface area contributed by atoms with Crippen molar-refractivity contribution in [3.8, 4) is 0 Å². The van der Waals surface area contributed by atoms with Gasteiger partial charge in [-0.15, -0.1) is 0 Å². The minimum absolute atomic E-state index is 0.0975. The van der Waals surface area contributed by atoms with Crippen molar-refractivity contribution in [3.05, 3.63) is 16.4 Å². The van der Waals surface area contributed by atoms with Gasteiger partial charge in [0.15, 0.2) is 0 Å². The quantitative estimate of drug-likeness (QED) is 0.828. The third-order valence-corrected chi connectivity index (χ3v) is 5.18. The van der Waals surface area contributed by atoms with Crippen molar-refractivity contribution < 1.29 is 4.79 Å². The summed E-state index contributed by atoms with van der Waals surface area (Å²) in [6.07, 6.45) is 3.43. The number of aromatic nitrogens is 2. The fourth-order valence-electron chi connectivity index (χ4n) is 3.23. The van der Waals surface area contributed by atoms with Gasteiger partial charge in [-0.1, -0.05) is 32.4 Å². The first kappa shape index (κ1) is 15.6. The summed E-state index contributed by atoms with van der Waals surface area (Å²) in [5.41, 5.74) is 2.11. The Morgan fingerprint density at radius 2 is 2.05 bits per heavy atom. The van der Waals surface area contributed by atoms with Gasteiger partial charge in [0.1, 0.15) is 5.78 Å². The Morgan fingerprint density at radius 1 is 1.40 bits per heavy atom. The lowest BCUT2D eigenvalue weighted by Gasteiger charge is -2.37. The van der Waals surface area contributed by atoms with Crippen LogP contribution in [0.2, 0.25) is 5.02 Å². The molecule has 3 nitrogen and oxygen atoms in total. The van der Waals surface area contributed by atoms with Gasteiger partial charge in [0.25, 0.3) is 0 Å². The summed E-state index contributed by atoms with van der Waals surface area (Å²) in [6.45, 7) is 8.72. The molecular weight excluding hydrogens is 272 g/mol. The lowest BCUT2D eigenvalue weighted by atomic mass is 9.68. The molecule has 4 heteroatoms. The Labute approximate surface area is 126 Å². The molecule has 0 spiro atoms. The van der Waals surface area contributed by atoms with Crippen LogP contribution in [-0.2, 0) is 18.3 Å². The Hall–Kier alpha value is -0.830. The average molecular weight is 297 g/mol. The van der Waals surface area contributed by atoms with Crippen molar-refractivity contribution in [1.29, 1.82) is 0 Å². The zero-order chi connectivity index (χ0) is 15.1. The fourth-order valence-corrected chi connectivity index (χ4v) is 3.47. The Bertz CT molecular complexity index is 513. The third kappa shape index (κ3) is 3.08. The summed E-state index contributed by atoms with van der Waals surface area (Å²) in [7, 11) is 1.91. The molecule has 0 radical (unpaired) electrons. The highest BCUT2D eigenvalue weighted by Gasteiger charge is 2.35. The molecule has 2 atom stereocenters. The molecule has 0 N–H and O–H groups in total. The molecule has 1 aromatic heterocycles. The van der Waals surface area contributed by atoms with E-state index < -0.39 is 0 Å². The molecule has 1 aliphatic rings. The second-order valence-electron chi connectivity index (χ2n) is 7.17. The normalized spacial score (nSPS) is 24.2. The molecule has 112 valence electrons. The van der Waals surface area contributed by atoms with E-state index in [1.165, 1.54) is 0 Å². The first-order valence-electron chi connectivity index (χ1n) is 7.40. The van der Waals surface area contributed by atoms with Crippen molar-refractivity contribution in [2.24, 2.45) is 24.3 Å². The number of ketones is 1. The molecule has 0 aromatic carbocycles. The molecule has 1 fully saturated rings. The van der Waals surface area contributed by atoms with E-state index in [-0.39, 0.29) is 11.3 Å². The number of nitrogens with zero attached hydrogens (tertiary/aromatic N) is 2. The van der Waals surface area contributed by atoms with Crippen molar-refractivity contribution in [3.63, 3.8) is 0 Å². The van der Waals surface area contributed by atoms with Gasteiger partial charge in [-0.3, -0.25) is 9.48 Å². The van der Waals surface area contributed by atoms with E-state index in [1.807, 2.05) is 18.7 Å². The van der Waals surface area contributed by atoms with Gasteiger partial charge in [0, 0.05) is 25.8 Å². The van der Waals surface area contributed by atoms with Crippen LogP contribution < -0.4 is 0 Å². The van der Waals surface area contributed by atoms with E-state index in [4.69, 9.17) is 11.6 Å². The summed E-state index contributed by atoms with van der Waals surface area (Å²) in [4.78, 5) is 12.2. The van der Waals surface area contributed by atoms with Crippen molar-refractivity contribution in [2.75, 3.05) is 0 Å². The number of rotatable bonds is 2. The predicted molar refractivity (Wildman–Crippen MR) is 82.0 cm³/mol. The van der Waals surface area contributed by atoms with Crippen LogP contribution in [0.25, 0.3) is 0 Å². The van der Waals surface area contributed by atoms with Crippen molar-refractivity contribution >= 4 is 17.4 Å². The van der Waals surface area contributed by atoms with E-state index in [2.05, 4.69) is 25.9 Å². The highest BCUT2D eigenvalue weighted by molar-refractivity contribution is 6.31. The van der Waals surface area contributed by atoms with Crippen LogP contribution in [-0.4, -0.2) is 15.6 Å². The van der Waals surface area contributed by atoms with E-state index in [9.17, 15) is 4.79 Å². The molecule has 1 saturated carbocycles. The lowest BCUT2D eigenvalue weighted by molar-refractivity contribution is -0.126. The van der Waals surface area contributed by atoms with Crippen LogP contribution in [0.5, 0.6) is 0 Å². The van der Waals surface area contributed by atoms with E-state index >= 15 is 0 Å². The van der Waals surface area contributed by atoms with Gasteiger partial charge in [-0.2, -0.15) is 5.10 Å². The lowest BCUT2D eigenvalue weighted by Crippen LogP contribution is -2.33. The standard InChI is InChI=1S/C16H25ClN2O/c1-10-15(17)13(19(5)18-10)9-11-8-12(16(2,3)4)6-7-14(11)20/h11-12H,6-9H2,1-5H3. The topological polar surface area (TPSA) is 34.9 Å². The van der Waals surface area contributed by atoms with Crippen molar-refractivity contribution in [1.82, 2.24) is 9.78 Å². The molecule has 0 amide bonds.